The van der Waals surface area contributed by atoms with E-state index in [1.165, 1.54) is 73.6 Å². The second kappa shape index (κ2) is 11.9. The van der Waals surface area contributed by atoms with Crippen molar-refractivity contribution in [1.82, 2.24) is 0 Å². The number of benzene rings is 2. The lowest BCUT2D eigenvalue weighted by Gasteiger charge is -2.38. The first kappa shape index (κ1) is 22.5. The zero-order valence-corrected chi connectivity index (χ0v) is 18.3. The van der Waals surface area contributed by atoms with Gasteiger partial charge in [-0.05, 0) is 79.0 Å². The van der Waals surface area contributed by atoms with Crippen LogP contribution in [0.4, 0.5) is 4.39 Å². The van der Waals surface area contributed by atoms with Gasteiger partial charge >= 0.3 is 0 Å². The molecule has 3 rings (SSSR count). The molecule has 0 spiro atoms. The van der Waals surface area contributed by atoms with Crippen LogP contribution < -0.4 is 0 Å². The molecule has 0 atom stereocenters. The minimum absolute atomic E-state index is 0.246. The van der Waals surface area contributed by atoms with Crippen LogP contribution >= 0.6 is 0 Å². The van der Waals surface area contributed by atoms with Gasteiger partial charge in [-0.25, -0.2) is 0 Å². The van der Waals surface area contributed by atoms with Crippen molar-refractivity contribution in [2.24, 2.45) is 5.41 Å². The number of rotatable bonds is 11. The molecule has 30 heavy (non-hydrogen) atoms. The highest BCUT2D eigenvalue weighted by molar-refractivity contribution is 5.64. The van der Waals surface area contributed by atoms with Crippen molar-refractivity contribution in [3.8, 4) is 17.2 Å². The van der Waals surface area contributed by atoms with Crippen molar-refractivity contribution in [2.45, 2.75) is 83.5 Å². The normalized spacial score (nSPS) is 15.6. The second-order valence-corrected chi connectivity index (χ2v) is 9.11. The molecule has 1 fully saturated rings. The fourth-order valence-electron chi connectivity index (χ4n) is 5.04. The molecular weight excluding hydrogens is 369 g/mol. The van der Waals surface area contributed by atoms with Gasteiger partial charge in [0.1, 0.15) is 0 Å². The summed E-state index contributed by atoms with van der Waals surface area (Å²) < 4.78 is 12.3. The molecule has 0 saturated heterocycles. The Labute approximate surface area is 182 Å². The number of hydrogen-bond donors (Lipinski definition) is 0. The number of unbranched alkanes of at least 4 members (excludes halogenated alkanes) is 2. The Morgan fingerprint density at radius 1 is 0.733 bits per heavy atom. The highest BCUT2D eigenvalue weighted by Gasteiger charge is 2.30. The van der Waals surface area contributed by atoms with E-state index in [-0.39, 0.29) is 6.67 Å². The Hall–Kier alpha value is -2.14. The fraction of sp³-hybridized carbons (Fsp3) is 0.536. The van der Waals surface area contributed by atoms with Gasteiger partial charge in [-0.2, -0.15) is 5.26 Å². The van der Waals surface area contributed by atoms with Gasteiger partial charge in [0.25, 0.3) is 0 Å². The van der Waals surface area contributed by atoms with E-state index in [4.69, 9.17) is 5.26 Å². The maximum atomic E-state index is 12.3. The molecule has 160 valence electrons. The van der Waals surface area contributed by atoms with E-state index in [0.717, 1.165) is 19.3 Å². The molecule has 2 aromatic carbocycles. The van der Waals surface area contributed by atoms with Crippen LogP contribution in [0.5, 0.6) is 0 Å². The zero-order valence-electron chi connectivity index (χ0n) is 18.3. The Bertz CT molecular complexity index is 779. The number of nitrogens with zero attached hydrogens (tertiary/aromatic N) is 1. The Morgan fingerprint density at radius 3 is 1.90 bits per heavy atom. The molecule has 0 bridgehead atoms. The first-order valence-electron chi connectivity index (χ1n) is 11.9. The van der Waals surface area contributed by atoms with Gasteiger partial charge in [-0.1, -0.05) is 74.2 Å². The van der Waals surface area contributed by atoms with Crippen molar-refractivity contribution < 1.29 is 4.39 Å². The van der Waals surface area contributed by atoms with E-state index in [0.29, 0.717) is 18.3 Å². The molecule has 2 aromatic rings. The van der Waals surface area contributed by atoms with Crippen molar-refractivity contribution in [3.63, 3.8) is 0 Å². The summed E-state index contributed by atoms with van der Waals surface area (Å²) >= 11 is 0. The molecule has 0 amide bonds. The van der Waals surface area contributed by atoms with Gasteiger partial charge in [0, 0.05) is 6.42 Å². The summed E-state index contributed by atoms with van der Waals surface area (Å²) in [5.74, 6) is 0. The molecule has 1 aliphatic carbocycles. The lowest BCUT2D eigenvalue weighted by atomic mass is 9.68. The SMILES string of the molecule is N#CCCCCC1(CCc2ccc(-c3ccc(CCCF)cc3)cc2)CCCCC1. The maximum Gasteiger partial charge on any atom is 0.0897 e. The van der Waals surface area contributed by atoms with Gasteiger partial charge in [0.2, 0.25) is 0 Å². The van der Waals surface area contributed by atoms with Gasteiger partial charge < -0.3 is 0 Å². The summed E-state index contributed by atoms with van der Waals surface area (Å²) in [5.41, 5.74) is 5.62. The lowest BCUT2D eigenvalue weighted by Crippen LogP contribution is -2.25. The smallest absolute Gasteiger partial charge is 0.0897 e. The number of halogens is 1. The number of alkyl halides is 1. The van der Waals surface area contributed by atoms with Crippen molar-refractivity contribution in [3.05, 3.63) is 59.7 Å². The summed E-state index contributed by atoms with van der Waals surface area (Å²) in [6.07, 6.45) is 15.0. The molecular formula is C28H36FN. The van der Waals surface area contributed by atoms with Gasteiger partial charge in [-0.3, -0.25) is 4.39 Å². The summed E-state index contributed by atoms with van der Waals surface area (Å²) in [5, 5.41) is 8.81. The third-order valence-electron chi connectivity index (χ3n) is 6.94. The van der Waals surface area contributed by atoms with Gasteiger partial charge in [-0.15, -0.1) is 0 Å². The second-order valence-electron chi connectivity index (χ2n) is 9.11. The minimum Gasteiger partial charge on any atom is -0.251 e. The van der Waals surface area contributed by atoms with Crippen LogP contribution in [0.1, 0.15) is 81.8 Å². The van der Waals surface area contributed by atoms with Crippen molar-refractivity contribution in [2.75, 3.05) is 6.67 Å². The Balaban J connectivity index is 1.56. The average Bonchev–Trinajstić information content (AvgIpc) is 2.81. The average molecular weight is 406 g/mol. The lowest BCUT2D eigenvalue weighted by molar-refractivity contribution is 0.152. The standard InChI is InChI=1S/C28H36FN/c29-22-7-8-24-9-13-26(14-10-24)27-15-11-25(12-16-27)17-21-28(18-3-1-4-19-28)20-5-2-6-23-30/h9-16H,1-8,17-22H2. The van der Waals surface area contributed by atoms with Crippen LogP contribution in [-0.4, -0.2) is 6.67 Å². The van der Waals surface area contributed by atoms with E-state index in [2.05, 4.69) is 54.6 Å². The third-order valence-corrected chi connectivity index (χ3v) is 6.94. The van der Waals surface area contributed by atoms with E-state index in [1.807, 2.05) is 0 Å². The van der Waals surface area contributed by atoms with E-state index in [1.54, 1.807) is 0 Å². The van der Waals surface area contributed by atoms with E-state index >= 15 is 0 Å². The van der Waals surface area contributed by atoms with Crippen LogP contribution in [0, 0.1) is 16.7 Å². The Kier molecular flexibility index (Phi) is 8.94. The van der Waals surface area contributed by atoms with E-state index in [9.17, 15) is 4.39 Å². The Morgan fingerprint density at radius 2 is 1.33 bits per heavy atom. The van der Waals surface area contributed by atoms with Gasteiger partial charge in [0.05, 0.1) is 12.7 Å². The quantitative estimate of drug-likeness (QED) is 0.345. The molecule has 2 heteroatoms. The molecule has 0 heterocycles. The molecule has 1 aliphatic rings. The molecule has 0 unspecified atom stereocenters. The number of aryl methyl sites for hydroxylation is 2. The maximum absolute atomic E-state index is 12.3. The van der Waals surface area contributed by atoms with Crippen molar-refractivity contribution in [1.29, 1.82) is 5.26 Å². The largest absolute Gasteiger partial charge is 0.251 e. The molecule has 0 aromatic heterocycles. The molecule has 0 radical (unpaired) electrons. The van der Waals surface area contributed by atoms with E-state index < -0.39 is 0 Å². The van der Waals surface area contributed by atoms with Crippen LogP contribution in [-0.2, 0) is 12.8 Å². The predicted molar refractivity (Wildman–Crippen MR) is 124 cm³/mol. The molecule has 0 aliphatic heterocycles. The highest BCUT2D eigenvalue weighted by atomic mass is 19.1. The molecule has 1 saturated carbocycles. The summed E-state index contributed by atoms with van der Waals surface area (Å²) in [6.45, 7) is -0.246. The predicted octanol–water partition coefficient (Wildman–Crippen LogP) is 8.22. The topological polar surface area (TPSA) is 23.8 Å². The summed E-state index contributed by atoms with van der Waals surface area (Å²) in [4.78, 5) is 0. The van der Waals surface area contributed by atoms with Crippen LogP contribution in [0.25, 0.3) is 11.1 Å². The highest BCUT2D eigenvalue weighted by Crippen LogP contribution is 2.44. The van der Waals surface area contributed by atoms with Crippen LogP contribution in [0.3, 0.4) is 0 Å². The molecule has 0 N–H and O–H groups in total. The van der Waals surface area contributed by atoms with Crippen LogP contribution in [0.15, 0.2) is 48.5 Å². The molecule has 1 nitrogen and oxygen atoms in total. The number of nitriles is 1. The number of hydrogen-bond acceptors (Lipinski definition) is 1. The minimum atomic E-state index is -0.246. The first-order valence-corrected chi connectivity index (χ1v) is 11.9. The third kappa shape index (κ3) is 6.69. The fourth-order valence-corrected chi connectivity index (χ4v) is 5.04. The monoisotopic (exact) mass is 405 g/mol. The zero-order chi connectivity index (χ0) is 21.1. The van der Waals surface area contributed by atoms with Gasteiger partial charge in [0.15, 0.2) is 0 Å². The van der Waals surface area contributed by atoms with Crippen LogP contribution in [0.2, 0.25) is 0 Å². The summed E-state index contributed by atoms with van der Waals surface area (Å²) in [7, 11) is 0. The first-order chi connectivity index (χ1) is 14.7. The van der Waals surface area contributed by atoms with Crippen molar-refractivity contribution >= 4 is 0 Å². The summed E-state index contributed by atoms with van der Waals surface area (Å²) in [6, 6.07) is 19.9.